The first-order valence-electron chi connectivity index (χ1n) is 10.3. The molecule has 0 saturated heterocycles. The van der Waals surface area contributed by atoms with E-state index in [-0.39, 0.29) is 34.8 Å². The second-order valence-electron chi connectivity index (χ2n) is 7.47. The summed E-state index contributed by atoms with van der Waals surface area (Å²) in [7, 11) is 1.58. The molecule has 4 aromatic rings. The molecule has 0 spiro atoms. The molecule has 0 radical (unpaired) electrons. The summed E-state index contributed by atoms with van der Waals surface area (Å²) >= 11 is 6.00. The van der Waals surface area contributed by atoms with Crippen molar-refractivity contribution >= 4 is 45.1 Å². The Morgan fingerprint density at radius 2 is 1.97 bits per heavy atom. The van der Waals surface area contributed by atoms with Crippen LogP contribution in [0, 0.1) is 0 Å². The molecule has 1 aromatic carbocycles. The maximum atomic E-state index is 12.5. The Kier molecular flexibility index (Phi) is 5.61. The van der Waals surface area contributed by atoms with Crippen LogP contribution in [-0.4, -0.2) is 53.8 Å². The van der Waals surface area contributed by atoms with E-state index in [9.17, 15) is 4.79 Å². The van der Waals surface area contributed by atoms with Crippen LogP contribution in [0.3, 0.4) is 0 Å². The fourth-order valence-electron chi connectivity index (χ4n) is 3.60. The van der Waals surface area contributed by atoms with E-state index in [1.54, 1.807) is 25.3 Å². The Hall–Kier alpha value is -3.63. The molecule has 0 fully saturated rings. The fraction of sp³-hybridized carbons (Fsp3) is 0.273. The summed E-state index contributed by atoms with van der Waals surface area (Å²) < 4.78 is 22.1. The molecule has 3 aromatic heterocycles. The van der Waals surface area contributed by atoms with Gasteiger partial charge < -0.3 is 29.3 Å². The molecular formula is C22H20ClN5O5. The van der Waals surface area contributed by atoms with Crippen LogP contribution in [0.4, 0.5) is 5.69 Å². The Labute approximate surface area is 193 Å². The van der Waals surface area contributed by atoms with Gasteiger partial charge in [-0.25, -0.2) is 4.98 Å². The van der Waals surface area contributed by atoms with E-state index in [2.05, 4.69) is 25.6 Å². The number of pyridine rings is 1. The topological polar surface area (TPSA) is 121 Å². The smallest absolute Gasteiger partial charge is 0.289 e. The lowest BCUT2D eigenvalue weighted by atomic mass is 10.1. The lowest BCUT2D eigenvalue weighted by Crippen LogP contribution is -2.34. The summed E-state index contributed by atoms with van der Waals surface area (Å²) in [6.07, 6.45) is 0. The molecule has 4 heterocycles. The SMILES string of the molecule is COCCOc1cc(Oc2ccc3c(ccc4oc5c(c43)NC[C@@H](C)NC5=O)n2)nc(Cl)n1. The summed E-state index contributed by atoms with van der Waals surface area (Å²) in [6, 6.07) is 8.66. The highest BCUT2D eigenvalue weighted by Crippen LogP contribution is 2.38. The minimum Gasteiger partial charge on any atom is -0.475 e. The maximum Gasteiger partial charge on any atom is 0.289 e. The summed E-state index contributed by atoms with van der Waals surface area (Å²) in [5, 5.41) is 7.82. The van der Waals surface area contributed by atoms with E-state index >= 15 is 0 Å². The third-order valence-corrected chi connectivity index (χ3v) is 5.23. The van der Waals surface area contributed by atoms with Crippen LogP contribution in [0.15, 0.2) is 34.7 Å². The van der Waals surface area contributed by atoms with Gasteiger partial charge in [0.25, 0.3) is 5.91 Å². The number of hydrogen-bond donors (Lipinski definition) is 2. The number of halogens is 1. The minimum absolute atomic E-state index is 0.0120. The van der Waals surface area contributed by atoms with E-state index in [0.717, 1.165) is 10.8 Å². The number of benzene rings is 1. The summed E-state index contributed by atoms with van der Waals surface area (Å²) in [5.41, 5.74) is 1.92. The Morgan fingerprint density at radius 3 is 2.82 bits per heavy atom. The van der Waals surface area contributed by atoms with E-state index in [1.807, 2.05) is 13.0 Å². The second kappa shape index (κ2) is 8.72. The van der Waals surface area contributed by atoms with Crippen molar-refractivity contribution in [1.82, 2.24) is 20.3 Å². The van der Waals surface area contributed by atoms with Crippen molar-refractivity contribution in [2.24, 2.45) is 0 Å². The van der Waals surface area contributed by atoms with Crippen molar-refractivity contribution in [3.05, 3.63) is 41.4 Å². The van der Waals surface area contributed by atoms with Crippen molar-refractivity contribution in [3.63, 3.8) is 0 Å². The summed E-state index contributed by atoms with van der Waals surface area (Å²) in [4.78, 5) is 25.2. The van der Waals surface area contributed by atoms with Gasteiger partial charge in [0.05, 0.1) is 29.3 Å². The molecule has 10 nitrogen and oxygen atoms in total. The third-order valence-electron chi connectivity index (χ3n) is 5.06. The number of anilines is 1. The molecule has 0 aliphatic carbocycles. The van der Waals surface area contributed by atoms with Crippen molar-refractivity contribution in [1.29, 1.82) is 0 Å². The number of carbonyl (C=O) groups is 1. The van der Waals surface area contributed by atoms with Crippen LogP contribution >= 0.6 is 11.6 Å². The molecule has 2 N–H and O–H groups in total. The molecule has 1 aliphatic rings. The normalized spacial score (nSPS) is 15.6. The van der Waals surface area contributed by atoms with Gasteiger partial charge in [-0.1, -0.05) is 0 Å². The van der Waals surface area contributed by atoms with Crippen molar-refractivity contribution in [2.75, 3.05) is 32.2 Å². The van der Waals surface area contributed by atoms with Crippen LogP contribution in [0.1, 0.15) is 17.5 Å². The quantitative estimate of drug-likeness (QED) is 0.321. The first-order chi connectivity index (χ1) is 16.0. The summed E-state index contributed by atoms with van der Waals surface area (Å²) in [6.45, 7) is 3.23. The Bertz CT molecular complexity index is 1360. The number of aromatic nitrogens is 3. The zero-order valence-electron chi connectivity index (χ0n) is 17.8. The lowest BCUT2D eigenvalue weighted by Gasteiger charge is -2.10. The van der Waals surface area contributed by atoms with Crippen LogP contribution in [0.25, 0.3) is 21.9 Å². The Balaban J connectivity index is 1.48. The van der Waals surface area contributed by atoms with Gasteiger partial charge >= 0.3 is 0 Å². The van der Waals surface area contributed by atoms with E-state index in [4.69, 9.17) is 30.2 Å². The van der Waals surface area contributed by atoms with E-state index in [0.29, 0.717) is 42.4 Å². The predicted octanol–water partition coefficient (Wildman–Crippen LogP) is 3.79. The fourth-order valence-corrected chi connectivity index (χ4v) is 3.77. The number of hydrogen-bond acceptors (Lipinski definition) is 9. The molecule has 11 heteroatoms. The molecule has 170 valence electrons. The van der Waals surface area contributed by atoms with Gasteiger partial charge in [-0.2, -0.15) is 9.97 Å². The average Bonchev–Trinajstić information content (AvgIpc) is 3.10. The highest BCUT2D eigenvalue weighted by Gasteiger charge is 2.26. The molecular weight excluding hydrogens is 450 g/mol. The average molecular weight is 470 g/mol. The number of nitrogens with zero attached hydrogens (tertiary/aromatic N) is 3. The number of rotatable bonds is 6. The van der Waals surface area contributed by atoms with Crippen LogP contribution in [-0.2, 0) is 4.74 Å². The molecule has 1 atom stereocenters. The molecule has 0 unspecified atom stereocenters. The molecule has 0 saturated carbocycles. The molecule has 1 amide bonds. The lowest BCUT2D eigenvalue weighted by molar-refractivity contribution is 0.0920. The van der Waals surface area contributed by atoms with Gasteiger partial charge in [0.2, 0.25) is 28.7 Å². The predicted molar refractivity (Wildman–Crippen MR) is 121 cm³/mol. The van der Waals surface area contributed by atoms with Gasteiger partial charge in [0.15, 0.2) is 0 Å². The van der Waals surface area contributed by atoms with Crippen molar-refractivity contribution in [2.45, 2.75) is 13.0 Å². The van der Waals surface area contributed by atoms with E-state index in [1.165, 1.54) is 6.07 Å². The number of fused-ring (bicyclic) bond motifs is 5. The van der Waals surface area contributed by atoms with Crippen molar-refractivity contribution in [3.8, 4) is 17.6 Å². The number of methoxy groups -OCH3 is 1. The number of amides is 1. The number of ether oxygens (including phenoxy) is 3. The molecule has 0 bridgehead atoms. The van der Waals surface area contributed by atoms with Gasteiger partial charge in [-0.3, -0.25) is 4.79 Å². The van der Waals surface area contributed by atoms with Gasteiger partial charge in [-0.15, -0.1) is 0 Å². The standard InChI is InChI=1S/C22H20ClN5O5/c1-11-10-24-19-18-12-3-6-15(26-13(12)4-5-14(18)32-20(19)21(29)25-11)33-17-9-16(27-22(23)28-17)31-8-7-30-2/h3-6,9,11,24H,7-8,10H2,1-2H3,(H,25,29)/t11-/m1/s1. The minimum atomic E-state index is -0.246. The van der Waals surface area contributed by atoms with Crippen LogP contribution < -0.4 is 20.1 Å². The third kappa shape index (κ3) is 4.22. The number of carbonyl (C=O) groups excluding carboxylic acids is 1. The summed E-state index contributed by atoms with van der Waals surface area (Å²) in [5.74, 6) is 0.792. The molecule has 33 heavy (non-hydrogen) atoms. The number of furan rings is 1. The van der Waals surface area contributed by atoms with E-state index < -0.39 is 0 Å². The zero-order valence-corrected chi connectivity index (χ0v) is 18.6. The Morgan fingerprint density at radius 1 is 1.12 bits per heavy atom. The number of nitrogens with one attached hydrogen (secondary N) is 2. The molecule has 1 aliphatic heterocycles. The van der Waals surface area contributed by atoms with Crippen LogP contribution in [0.2, 0.25) is 5.28 Å². The van der Waals surface area contributed by atoms with Gasteiger partial charge in [0, 0.05) is 31.1 Å². The zero-order chi connectivity index (χ0) is 22.9. The largest absolute Gasteiger partial charge is 0.475 e. The van der Waals surface area contributed by atoms with Gasteiger partial charge in [0.1, 0.15) is 12.2 Å². The maximum absolute atomic E-state index is 12.5. The van der Waals surface area contributed by atoms with Crippen LogP contribution in [0.5, 0.6) is 17.6 Å². The van der Waals surface area contributed by atoms with Gasteiger partial charge in [-0.05, 0) is 36.7 Å². The second-order valence-corrected chi connectivity index (χ2v) is 7.81. The highest BCUT2D eigenvalue weighted by molar-refractivity contribution is 6.28. The first-order valence-corrected chi connectivity index (χ1v) is 10.6. The molecule has 5 rings (SSSR count). The highest BCUT2D eigenvalue weighted by atomic mass is 35.5. The van der Waals surface area contributed by atoms with Crippen molar-refractivity contribution < 1.29 is 23.4 Å². The monoisotopic (exact) mass is 469 g/mol. The first kappa shape index (κ1) is 21.2.